The Bertz CT molecular complexity index is 1150. The molecular weight excluding hydrogens is 486 g/mol. The Morgan fingerprint density at radius 2 is 2.00 bits per heavy atom. The molecule has 2 amide bonds. The van der Waals surface area contributed by atoms with Gasteiger partial charge in [0.15, 0.2) is 10.9 Å². The maximum absolute atomic E-state index is 13.0. The zero-order valence-electron chi connectivity index (χ0n) is 20.0. The van der Waals surface area contributed by atoms with Gasteiger partial charge in [0.25, 0.3) is 0 Å². The summed E-state index contributed by atoms with van der Waals surface area (Å²) in [5.41, 5.74) is 0.785. The van der Waals surface area contributed by atoms with E-state index in [1.165, 1.54) is 11.8 Å². The molecule has 0 radical (unpaired) electrons. The van der Waals surface area contributed by atoms with Crippen molar-refractivity contribution in [2.75, 3.05) is 25.4 Å². The number of rotatable bonds is 9. The van der Waals surface area contributed by atoms with Crippen LogP contribution in [0.5, 0.6) is 0 Å². The molecule has 1 fully saturated rings. The summed E-state index contributed by atoms with van der Waals surface area (Å²) < 4.78 is 7.39. The van der Waals surface area contributed by atoms with E-state index in [0.29, 0.717) is 47.8 Å². The van der Waals surface area contributed by atoms with E-state index >= 15 is 0 Å². The number of aromatic nitrogens is 3. The van der Waals surface area contributed by atoms with Crippen LogP contribution in [0, 0.1) is 0 Å². The molecule has 0 N–H and O–H groups in total. The number of amides is 2. The fraction of sp³-hybridized carbons (Fsp3) is 0.440. The van der Waals surface area contributed by atoms with Gasteiger partial charge in [-0.15, -0.1) is 10.2 Å². The summed E-state index contributed by atoms with van der Waals surface area (Å²) in [6.45, 7) is 5.80. The number of unbranched alkanes of at least 4 members (excludes halogenated alkanes) is 2. The second kappa shape index (κ2) is 11.8. The molecule has 0 bridgehead atoms. The Hall–Kier alpha value is -2.78. The standard InChI is InChI=1S/C25H30ClN5O3S/c1-3-4-5-11-22(32)30-13-12-29(16-18(30)2)23(33)17-35-25-28-27-24(21-10-7-14-34-21)31(25)20-9-6-8-19(26)15-20/h6-10,14-15,18H,3-5,11-13,16-17H2,1-2H3. The fourth-order valence-corrected chi connectivity index (χ4v) is 5.26. The van der Waals surface area contributed by atoms with Gasteiger partial charge in [0.05, 0.1) is 17.7 Å². The molecule has 3 heterocycles. The molecular formula is C25H30ClN5O3S. The second-order valence-electron chi connectivity index (χ2n) is 8.62. The van der Waals surface area contributed by atoms with Crippen molar-refractivity contribution in [1.82, 2.24) is 24.6 Å². The molecule has 1 aliphatic heterocycles. The van der Waals surface area contributed by atoms with Crippen LogP contribution in [-0.4, -0.2) is 67.8 Å². The third kappa shape index (κ3) is 6.08. The minimum atomic E-state index is 0.00694. The first kappa shape index (κ1) is 25.3. The lowest BCUT2D eigenvalue weighted by molar-refractivity contribution is -0.141. The van der Waals surface area contributed by atoms with Crippen molar-refractivity contribution in [2.45, 2.75) is 50.7 Å². The summed E-state index contributed by atoms with van der Waals surface area (Å²) in [6, 6.07) is 11.0. The van der Waals surface area contributed by atoms with Crippen molar-refractivity contribution in [3.8, 4) is 17.3 Å². The highest BCUT2D eigenvalue weighted by atomic mass is 35.5. The molecule has 1 unspecified atom stereocenters. The van der Waals surface area contributed by atoms with Gasteiger partial charge in [-0.25, -0.2) is 0 Å². The van der Waals surface area contributed by atoms with Gasteiger partial charge in [-0.3, -0.25) is 14.2 Å². The predicted octanol–water partition coefficient (Wildman–Crippen LogP) is 4.91. The van der Waals surface area contributed by atoms with Gasteiger partial charge < -0.3 is 14.2 Å². The number of halogens is 1. The summed E-state index contributed by atoms with van der Waals surface area (Å²) in [7, 11) is 0. The molecule has 1 saturated heterocycles. The van der Waals surface area contributed by atoms with Crippen molar-refractivity contribution >= 4 is 35.2 Å². The van der Waals surface area contributed by atoms with Gasteiger partial charge in [-0.05, 0) is 43.7 Å². The summed E-state index contributed by atoms with van der Waals surface area (Å²) in [6.07, 6.45) is 5.25. The Labute approximate surface area is 214 Å². The molecule has 4 rings (SSSR count). The van der Waals surface area contributed by atoms with E-state index in [-0.39, 0.29) is 23.6 Å². The van der Waals surface area contributed by atoms with Gasteiger partial charge in [-0.1, -0.05) is 49.2 Å². The summed E-state index contributed by atoms with van der Waals surface area (Å²) >= 11 is 7.55. The van der Waals surface area contributed by atoms with Gasteiger partial charge in [0.1, 0.15) is 0 Å². The van der Waals surface area contributed by atoms with E-state index in [1.54, 1.807) is 18.4 Å². The van der Waals surface area contributed by atoms with Crippen molar-refractivity contribution in [3.05, 3.63) is 47.7 Å². The normalized spacial score (nSPS) is 16.0. The van der Waals surface area contributed by atoms with Crippen molar-refractivity contribution < 1.29 is 14.0 Å². The molecule has 0 spiro atoms. The van der Waals surface area contributed by atoms with Gasteiger partial charge >= 0.3 is 0 Å². The average molecular weight is 516 g/mol. The van der Waals surface area contributed by atoms with Crippen LogP contribution in [0.3, 0.4) is 0 Å². The number of furan rings is 1. The van der Waals surface area contributed by atoms with Crippen molar-refractivity contribution in [2.24, 2.45) is 0 Å². The molecule has 2 aromatic heterocycles. The lowest BCUT2D eigenvalue weighted by Gasteiger charge is -2.40. The van der Waals surface area contributed by atoms with E-state index in [9.17, 15) is 9.59 Å². The lowest BCUT2D eigenvalue weighted by Crippen LogP contribution is -2.55. The first-order valence-electron chi connectivity index (χ1n) is 11.9. The largest absolute Gasteiger partial charge is 0.461 e. The van der Waals surface area contributed by atoms with Gasteiger partial charge in [0, 0.05) is 37.1 Å². The second-order valence-corrected chi connectivity index (χ2v) is 10.00. The first-order valence-corrected chi connectivity index (χ1v) is 13.3. The SMILES string of the molecule is CCCCCC(=O)N1CCN(C(=O)CSc2nnc(-c3ccco3)n2-c2cccc(Cl)c2)CC1C. The monoisotopic (exact) mass is 515 g/mol. The molecule has 1 aliphatic rings. The van der Waals surface area contributed by atoms with Crippen LogP contribution in [0.25, 0.3) is 17.3 Å². The fourth-order valence-electron chi connectivity index (χ4n) is 4.22. The summed E-state index contributed by atoms with van der Waals surface area (Å²) in [5, 5.41) is 9.81. The summed E-state index contributed by atoms with van der Waals surface area (Å²) in [5.74, 6) is 1.53. The Morgan fingerprint density at radius 3 is 2.71 bits per heavy atom. The Morgan fingerprint density at radius 1 is 1.14 bits per heavy atom. The highest BCUT2D eigenvalue weighted by molar-refractivity contribution is 7.99. The smallest absolute Gasteiger partial charge is 0.233 e. The van der Waals surface area contributed by atoms with E-state index < -0.39 is 0 Å². The molecule has 0 aliphatic carbocycles. The number of hydrogen-bond donors (Lipinski definition) is 0. The molecule has 35 heavy (non-hydrogen) atoms. The van der Waals surface area contributed by atoms with E-state index in [1.807, 2.05) is 45.6 Å². The number of benzene rings is 1. The summed E-state index contributed by atoms with van der Waals surface area (Å²) in [4.78, 5) is 29.3. The Balaban J connectivity index is 1.42. The molecule has 0 saturated carbocycles. The van der Waals surface area contributed by atoms with Crippen LogP contribution in [0.15, 0.2) is 52.2 Å². The van der Waals surface area contributed by atoms with Crippen molar-refractivity contribution in [1.29, 1.82) is 0 Å². The van der Waals surface area contributed by atoms with Crippen LogP contribution >= 0.6 is 23.4 Å². The van der Waals surface area contributed by atoms with E-state index in [0.717, 1.165) is 24.9 Å². The zero-order valence-corrected chi connectivity index (χ0v) is 21.6. The van der Waals surface area contributed by atoms with Gasteiger partial charge in [0.2, 0.25) is 17.6 Å². The van der Waals surface area contributed by atoms with Crippen molar-refractivity contribution in [3.63, 3.8) is 0 Å². The Kier molecular flexibility index (Phi) is 8.51. The zero-order chi connectivity index (χ0) is 24.8. The highest BCUT2D eigenvalue weighted by Crippen LogP contribution is 2.29. The lowest BCUT2D eigenvalue weighted by atomic mass is 10.1. The van der Waals surface area contributed by atoms with Gasteiger partial charge in [-0.2, -0.15) is 0 Å². The number of nitrogens with zero attached hydrogens (tertiary/aromatic N) is 5. The minimum Gasteiger partial charge on any atom is -0.461 e. The van der Waals surface area contributed by atoms with E-state index in [4.69, 9.17) is 16.0 Å². The van der Waals surface area contributed by atoms with Crippen LogP contribution in [0.4, 0.5) is 0 Å². The number of piperazine rings is 1. The first-order chi connectivity index (χ1) is 17.0. The quantitative estimate of drug-likeness (QED) is 0.297. The molecule has 186 valence electrons. The average Bonchev–Trinajstić information content (AvgIpc) is 3.52. The topological polar surface area (TPSA) is 84.5 Å². The van der Waals surface area contributed by atoms with Crippen LogP contribution in [0.2, 0.25) is 5.02 Å². The van der Waals surface area contributed by atoms with Crippen LogP contribution < -0.4 is 0 Å². The molecule has 3 aromatic rings. The third-order valence-corrected chi connectivity index (χ3v) is 7.21. The number of thioether (sulfide) groups is 1. The number of carbonyl (C=O) groups excluding carboxylic acids is 2. The molecule has 1 atom stereocenters. The molecule has 10 heteroatoms. The minimum absolute atomic E-state index is 0.00694. The maximum Gasteiger partial charge on any atom is 0.233 e. The van der Waals surface area contributed by atoms with E-state index in [2.05, 4.69) is 17.1 Å². The molecule has 1 aromatic carbocycles. The third-order valence-electron chi connectivity index (χ3n) is 6.06. The van der Waals surface area contributed by atoms with Crippen LogP contribution in [0.1, 0.15) is 39.5 Å². The highest BCUT2D eigenvalue weighted by Gasteiger charge is 2.29. The number of carbonyl (C=O) groups is 2. The number of hydrogen-bond acceptors (Lipinski definition) is 6. The molecule has 8 nitrogen and oxygen atoms in total. The van der Waals surface area contributed by atoms with Crippen LogP contribution in [-0.2, 0) is 9.59 Å². The predicted molar refractivity (Wildman–Crippen MR) is 137 cm³/mol. The maximum atomic E-state index is 13.0.